The lowest BCUT2D eigenvalue weighted by molar-refractivity contribution is -0.129. The van der Waals surface area contributed by atoms with Crippen molar-refractivity contribution in [3.8, 4) is 0 Å². The average molecular weight is 376 g/mol. The van der Waals surface area contributed by atoms with Gasteiger partial charge in [0.2, 0.25) is 11.8 Å². The van der Waals surface area contributed by atoms with E-state index in [4.69, 9.17) is 5.73 Å². The van der Waals surface area contributed by atoms with Gasteiger partial charge in [0, 0.05) is 12.5 Å². The van der Waals surface area contributed by atoms with Crippen LogP contribution in [0.5, 0.6) is 0 Å². The largest absolute Gasteiger partial charge is 0.391 e. The zero-order valence-corrected chi connectivity index (χ0v) is 15.5. The van der Waals surface area contributed by atoms with Gasteiger partial charge < -0.3 is 26.8 Å². The van der Waals surface area contributed by atoms with E-state index in [2.05, 4.69) is 16.0 Å². The van der Waals surface area contributed by atoms with Crippen LogP contribution in [-0.4, -0.2) is 48.2 Å². The summed E-state index contributed by atoms with van der Waals surface area (Å²) in [6.07, 6.45) is 1.42. The van der Waals surface area contributed by atoms with Crippen molar-refractivity contribution in [3.05, 3.63) is 35.4 Å². The average Bonchev–Trinajstić information content (AvgIpc) is 2.63. The standard InChI is InChI=1S/C19H28N4O4/c1-12-4-2-3-5-13(12)8-9-21-18(26)14-6-7-16(24)15(10-14)23-17(25)11-22-19(20)27/h2-5,14-16,24H,6-11H2,1H3,(H,21,26)(H,23,25)(H3,20,22,27)/t14-,15+,16+/m0/s1. The van der Waals surface area contributed by atoms with Gasteiger partial charge in [0.15, 0.2) is 0 Å². The lowest BCUT2D eigenvalue weighted by Crippen LogP contribution is -2.52. The number of aliphatic hydroxyl groups is 1. The molecule has 4 amide bonds. The van der Waals surface area contributed by atoms with E-state index in [1.54, 1.807) is 0 Å². The lowest BCUT2D eigenvalue weighted by atomic mass is 9.83. The van der Waals surface area contributed by atoms with Crippen molar-refractivity contribution < 1.29 is 19.5 Å². The highest BCUT2D eigenvalue weighted by atomic mass is 16.3. The topological polar surface area (TPSA) is 134 Å². The van der Waals surface area contributed by atoms with Crippen LogP contribution < -0.4 is 21.7 Å². The van der Waals surface area contributed by atoms with Crippen LogP contribution in [-0.2, 0) is 16.0 Å². The smallest absolute Gasteiger partial charge is 0.312 e. The van der Waals surface area contributed by atoms with Crippen molar-refractivity contribution in [1.82, 2.24) is 16.0 Å². The van der Waals surface area contributed by atoms with Crippen LogP contribution in [0.15, 0.2) is 24.3 Å². The Morgan fingerprint density at radius 1 is 1.19 bits per heavy atom. The molecule has 1 aliphatic rings. The van der Waals surface area contributed by atoms with E-state index in [1.807, 2.05) is 31.2 Å². The van der Waals surface area contributed by atoms with Crippen LogP contribution in [0, 0.1) is 12.8 Å². The molecule has 148 valence electrons. The van der Waals surface area contributed by atoms with Crippen molar-refractivity contribution >= 4 is 17.8 Å². The fourth-order valence-electron chi connectivity index (χ4n) is 3.33. The van der Waals surface area contributed by atoms with E-state index < -0.39 is 24.1 Å². The normalized spacial score (nSPS) is 21.9. The summed E-state index contributed by atoms with van der Waals surface area (Å²) < 4.78 is 0. The number of hydrogen-bond acceptors (Lipinski definition) is 4. The summed E-state index contributed by atoms with van der Waals surface area (Å²) in [5, 5.41) is 17.9. The van der Waals surface area contributed by atoms with Gasteiger partial charge in [0.05, 0.1) is 18.7 Å². The van der Waals surface area contributed by atoms with E-state index in [0.717, 1.165) is 6.42 Å². The minimum atomic E-state index is -0.791. The first-order chi connectivity index (χ1) is 12.9. The molecule has 2 rings (SSSR count). The maximum absolute atomic E-state index is 12.4. The molecule has 0 aliphatic heterocycles. The summed E-state index contributed by atoms with van der Waals surface area (Å²) in [5.74, 6) is -0.775. The van der Waals surface area contributed by atoms with E-state index >= 15 is 0 Å². The van der Waals surface area contributed by atoms with Crippen LogP contribution in [0.25, 0.3) is 0 Å². The van der Waals surface area contributed by atoms with Crippen LogP contribution in [0.4, 0.5) is 4.79 Å². The molecule has 0 radical (unpaired) electrons. The van der Waals surface area contributed by atoms with Gasteiger partial charge in [-0.05, 0) is 43.7 Å². The molecule has 0 aromatic heterocycles. The Bertz CT molecular complexity index is 679. The third-order valence-corrected chi connectivity index (χ3v) is 4.91. The number of aliphatic hydroxyl groups excluding tert-OH is 1. The van der Waals surface area contributed by atoms with Crippen LogP contribution in [0.2, 0.25) is 0 Å². The number of carbonyl (C=O) groups is 3. The highest BCUT2D eigenvalue weighted by Gasteiger charge is 2.33. The molecule has 8 nitrogen and oxygen atoms in total. The van der Waals surface area contributed by atoms with Crippen LogP contribution in [0.1, 0.15) is 30.4 Å². The van der Waals surface area contributed by atoms with Gasteiger partial charge in [-0.25, -0.2) is 4.79 Å². The molecule has 6 N–H and O–H groups in total. The minimum Gasteiger partial charge on any atom is -0.391 e. The van der Waals surface area contributed by atoms with Gasteiger partial charge in [0.1, 0.15) is 0 Å². The molecule has 0 spiro atoms. The molecule has 1 aromatic rings. The third-order valence-electron chi connectivity index (χ3n) is 4.91. The van der Waals surface area contributed by atoms with Gasteiger partial charge in [0.25, 0.3) is 0 Å². The van der Waals surface area contributed by atoms with Crippen LogP contribution in [0.3, 0.4) is 0 Å². The summed E-state index contributed by atoms with van der Waals surface area (Å²) in [5.41, 5.74) is 7.32. The fourth-order valence-corrected chi connectivity index (χ4v) is 3.33. The molecule has 0 bridgehead atoms. The Morgan fingerprint density at radius 2 is 1.93 bits per heavy atom. The second-order valence-corrected chi connectivity index (χ2v) is 6.94. The molecule has 0 saturated heterocycles. The number of amides is 4. The molecule has 27 heavy (non-hydrogen) atoms. The Hall–Kier alpha value is -2.61. The van der Waals surface area contributed by atoms with Crippen molar-refractivity contribution in [2.45, 2.75) is 44.8 Å². The number of urea groups is 1. The van der Waals surface area contributed by atoms with Gasteiger partial charge in [-0.2, -0.15) is 0 Å². The molecule has 0 unspecified atom stereocenters. The molecular formula is C19H28N4O4. The van der Waals surface area contributed by atoms with E-state index in [0.29, 0.717) is 25.8 Å². The second-order valence-electron chi connectivity index (χ2n) is 6.94. The molecule has 3 atom stereocenters. The molecule has 8 heteroatoms. The van der Waals surface area contributed by atoms with E-state index in [9.17, 15) is 19.5 Å². The molecule has 1 aliphatic carbocycles. The molecule has 1 saturated carbocycles. The number of benzene rings is 1. The SMILES string of the molecule is Cc1ccccc1CCNC(=O)[C@H]1CC[C@@H](O)[C@H](NC(=O)CNC(N)=O)C1. The monoisotopic (exact) mass is 376 g/mol. The molecule has 1 fully saturated rings. The van der Waals surface area contributed by atoms with Gasteiger partial charge in [-0.3, -0.25) is 9.59 Å². The number of hydrogen-bond donors (Lipinski definition) is 5. The maximum Gasteiger partial charge on any atom is 0.312 e. The molecular weight excluding hydrogens is 348 g/mol. The number of aryl methyl sites for hydroxylation is 1. The van der Waals surface area contributed by atoms with Crippen molar-refractivity contribution in [2.24, 2.45) is 11.7 Å². The maximum atomic E-state index is 12.4. The number of primary amides is 1. The third kappa shape index (κ3) is 6.56. The number of nitrogens with one attached hydrogen (secondary N) is 3. The quantitative estimate of drug-likeness (QED) is 0.457. The zero-order valence-electron chi connectivity index (χ0n) is 15.5. The summed E-state index contributed by atoms with van der Waals surface area (Å²) in [6, 6.07) is 6.74. The van der Waals surface area contributed by atoms with Crippen molar-refractivity contribution in [2.75, 3.05) is 13.1 Å². The molecule has 1 aromatic carbocycles. The Labute approximate surface area is 158 Å². The Balaban J connectivity index is 1.79. The molecule has 0 heterocycles. The van der Waals surface area contributed by atoms with Gasteiger partial charge in [-0.15, -0.1) is 0 Å². The summed E-state index contributed by atoms with van der Waals surface area (Å²) in [4.78, 5) is 34.9. The van der Waals surface area contributed by atoms with Gasteiger partial charge in [-0.1, -0.05) is 24.3 Å². The highest BCUT2D eigenvalue weighted by molar-refractivity contribution is 5.83. The summed E-state index contributed by atoms with van der Waals surface area (Å²) in [6.45, 7) is 2.33. The predicted octanol–water partition coefficient (Wildman–Crippen LogP) is -0.0322. The Kier molecular flexibility index (Phi) is 7.60. The minimum absolute atomic E-state index is 0.0648. The zero-order chi connectivity index (χ0) is 19.8. The van der Waals surface area contributed by atoms with Crippen LogP contribution >= 0.6 is 0 Å². The number of carbonyl (C=O) groups excluding carboxylic acids is 3. The summed E-state index contributed by atoms with van der Waals surface area (Å²) in [7, 11) is 0. The lowest BCUT2D eigenvalue weighted by Gasteiger charge is -2.33. The summed E-state index contributed by atoms with van der Waals surface area (Å²) >= 11 is 0. The predicted molar refractivity (Wildman–Crippen MR) is 101 cm³/mol. The number of nitrogens with two attached hydrogens (primary N) is 1. The number of rotatable bonds is 7. The second kappa shape index (κ2) is 9.91. The highest BCUT2D eigenvalue weighted by Crippen LogP contribution is 2.25. The Morgan fingerprint density at radius 3 is 2.63 bits per heavy atom. The van der Waals surface area contributed by atoms with Crippen molar-refractivity contribution in [1.29, 1.82) is 0 Å². The first-order valence-corrected chi connectivity index (χ1v) is 9.19. The fraction of sp³-hybridized carbons (Fsp3) is 0.526. The first-order valence-electron chi connectivity index (χ1n) is 9.19. The van der Waals surface area contributed by atoms with Gasteiger partial charge >= 0.3 is 6.03 Å². The van der Waals surface area contributed by atoms with Crippen molar-refractivity contribution in [3.63, 3.8) is 0 Å². The van der Waals surface area contributed by atoms with E-state index in [1.165, 1.54) is 11.1 Å². The first kappa shape index (κ1) is 20.7. The van der Waals surface area contributed by atoms with E-state index in [-0.39, 0.29) is 18.4 Å².